The van der Waals surface area contributed by atoms with Crippen molar-refractivity contribution >= 4 is 29.0 Å². The lowest BCUT2D eigenvalue weighted by molar-refractivity contribution is -0.124. The summed E-state index contributed by atoms with van der Waals surface area (Å²) >= 11 is 1.55. The van der Waals surface area contributed by atoms with E-state index in [2.05, 4.69) is 11.8 Å². The molecule has 146 valence electrons. The van der Waals surface area contributed by atoms with Gasteiger partial charge in [0, 0.05) is 4.88 Å². The van der Waals surface area contributed by atoms with E-state index in [-0.39, 0.29) is 11.9 Å². The van der Waals surface area contributed by atoms with Crippen LogP contribution < -0.4 is 4.90 Å². The number of carbonyl (C=O) groups is 2. The summed E-state index contributed by atoms with van der Waals surface area (Å²) in [4.78, 5) is 31.0. The molecule has 2 rings (SSSR count). The van der Waals surface area contributed by atoms with Gasteiger partial charge in [0.2, 0.25) is 0 Å². The van der Waals surface area contributed by atoms with Gasteiger partial charge in [0.15, 0.2) is 0 Å². The Labute approximate surface area is 161 Å². The zero-order valence-electron chi connectivity index (χ0n) is 16.9. The first-order chi connectivity index (χ1) is 12.2. The predicted octanol–water partition coefficient (Wildman–Crippen LogP) is 4.90. The maximum Gasteiger partial charge on any atom is 0.421 e. The summed E-state index contributed by atoms with van der Waals surface area (Å²) in [6.07, 6.45) is 3.33. The van der Waals surface area contributed by atoms with Crippen LogP contribution in [0.15, 0.2) is 5.38 Å². The second-order valence-electron chi connectivity index (χ2n) is 8.03. The van der Waals surface area contributed by atoms with Gasteiger partial charge >= 0.3 is 6.09 Å². The van der Waals surface area contributed by atoms with Crippen LogP contribution in [-0.4, -0.2) is 41.6 Å². The third-order valence-electron chi connectivity index (χ3n) is 4.55. The van der Waals surface area contributed by atoms with Gasteiger partial charge in [0.1, 0.15) is 5.60 Å². The summed E-state index contributed by atoms with van der Waals surface area (Å²) in [6.45, 7) is 13.3. The standard InChI is InChI=1S/C20H32N2O3S/c1-7-11-21-12-9-8-10-16(21)18(23)22(19(24)25-20(4,5)6)17-14(2)13-26-15(17)3/h13,16H,7-12H2,1-6H3/t16-/m0/s1. The molecule has 0 aromatic carbocycles. The van der Waals surface area contributed by atoms with E-state index in [4.69, 9.17) is 4.74 Å². The fourth-order valence-electron chi connectivity index (χ4n) is 3.47. The SMILES string of the molecule is CCCN1CCCC[C@H]1C(=O)N(C(=O)OC(C)(C)C)c1c(C)csc1C. The molecule has 1 aromatic heterocycles. The number of carbonyl (C=O) groups excluding carboxylic acids is 2. The number of ether oxygens (including phenoxy) is 1. The molecule has 2 amide bonds. The van der Waals surface area contributed by atoms with Crippen molar-refractivity contribution in [3.8, 4) is 0 Å². The van der Waals surface area contributed by atoms with Crippen LogP contribution >= 0.6 is 11.3 Å². The van der Waals surface area contributed by atoms with Crippen molar-refractivity contribution < 1.29 is 14.3 Å². The molecular formula is C20H32N2O3S. The molecule has 2 heterocycles. The van der Waals surface area contributed by atoms with E-state index in [1.807, 2.05) is 40.0 Å². The summed E-state index contributed by atoms with van der Waals surface area (Å²) < 4.78 is 5.59. The Morgan fingerprint density at radius 2 is 2.00 bits per heavy atom. The lowest BCUT2D eigenvalue weighted by Crippen LogP contribution is -2.54. The van der Waals surface area contributed by atoms with Crippen molar-refractivity contribution in [3.63, 3.8) is 0 Å². The lowest BCUT2D eigenvalue weighted by atomic mass is 10.00. The summed E-state index contributed by atoms with van der Waals surface area (Å²) in [5, 5.41) is 1.99. The quantitative estimate of drug-likeness (QED) is 0.746. The number of amides is 2. The monoisotopic (exact) mass is 380 g/mol. The highest BCUT2D eigenvalue weighted by molar-refractivity contribution is 7.10. The maximum atomic E-state index is 13.5. The summed E-state index contributed by atoms with van der Waals surface area (Å²) in [5.74, 6) is -0.156. The number of hydrogen-bond donors (Lipinski definition) is 0. The third kappa shape index (κ3) is 4.86. The average molecular weight is 381 g/mol. The number of aryl methyl sites for hydroxylation is 2. The minimum atomic E-state index is -0.650. The number of imide groups is 1. The van der Waals surface area contributed by atoms with Crippen LogP contribution in [0.3, 0.4) is 0 Å². The van der Waals surface area contributed by atoms with Gasteiger partial charge in [-0.3, -0.25) is 9.69 Å². The van der Waals surface area contributed by atoms with Crippen LogP contribution in [0.2, 0.25) is 0 Å². The van der Waals surface area contributed by atoms with Gasteiger partial charge in [0.25, 0.3) is 5.91 Å². The minimum absolute atomic E-state index is 0.156. The largest absolute Gasteiger partial charge is 0.443 e. The molecule has 0 unspecified atom stereocenters. The second kappa shape index (κ2) is 8.53. The van der Waals surface area contributed by atoms with E-state index in [0.29, 0.717) is 5.69 Å². The molecule has 0 saturated carbocycles. The topological polar surface area (TPSA) is 49.9 Å². The fraction of sp³-hybridized carbons (Fsp3) is 0.700. The third-order valence-corrected chi connectivity index (χ3v) is 5.57. The number of anilines is 1. The Bertz CT molecular complexity index is 626. The van der Waals surface area contributed by atoms with Crippen molar-refractivity contribution in [1.29, 1.82) is 0 Å². The zero-order valence-corrected chi connectivity index (χ0v) is 17.7. The number of hydrogen-bond acceptors (Lipinski definition) is 5. The van der Waals surface area contributed by atoms with Gasteiger partial charge in [-0.1, -0.05) is 13.3 Å². The number of nitrogens with zero attached hydrogens (tertiary/aromatic N) is 2. The molecule has 0 aliphatic carbocycles. The first-order valence-corrected chi connectivity index (χ1v) is 10.4. The summed E-state index contributed by atoms with van der Waals surface area (Å²) in [5.41, 5.74) is 0.976. The molecule has 5 nitrogen and oxygen atoms in total. The number of piperidine rings is 1. The van der Waals surface area contributed by atoms with Gasteiger partial charge in [-0.2, -0.15) is 0 Å². The van der Waals surface area contributed by atoms with Crippen molar-refractivity contribution in [3.05, 3.63) is 15.8 Å². The molecule has 0 radical (unpaired) electrons. The number of rotatable bonds is 4. The predicted molar refractivity (Wildman–Crippen MR) is 107 cm³/mol. The molecule has 0 spiro atoms. The van der Waals surface area contributed by atoms with Crippen molar-refractivity contribution in [2.75, 3.05) is 18.0 Å². The highest BCUT2D eigenvalue weighted by Gasteiger charge is 2.38. The smallest absolute Gasteiger partial charge is 0.421 e. The molecular weight excluding hydrogens is 348 g/mol. The first-order valence-electron chi connectivity index (χ1n) is 9.51. The molecule has 1 atom stereocenters. The molecule has 1 aliphatic rings. The van der Waals surface area contributed by atoms with Gasteiger partial charge in [0.05, 0.1) is 11.7 Å². The van der Waals surface area contributed by atoms with Crippen LogP contribution in [0, 0.1) is 13.8 Å². The normalized spacial score (nSPS) is 18.6. The molecule has 1 aromatic rings. The van der Waals surface area contributed by atoms with Crippen molar-refractivity contribution in [1.82, 2.24) is 4.90 Å². The Hall–Kier alpha value is -1.40. The molecule has 0 N–H and O–H groups in total. The molecule has 1 aliphatic heterocycles. The molecule has 6 heteroatoms. The Balaban J connectivity index is 2.39. The summed E-state index contributed by atoms with van der Waals surface area (Å²) in [7, 11) is 0. The van der Waals surface area contributed by atoms with E-state index < -0.39 is 11.7 Å². The van der Waals surface area contributed by atoms with Crippen LogP contribution in [0.5, 0.6) is 0 Å². The Morgan fingerprint density at radius 1 is 1.31 bits per heavy atom. The second-order valence-corrected chi connectivity index (χ2v) is 9.11. The molecule has 1 saturated heterocycles. The van der Waals surface area contributed by atoms with Gasteiger partial charge in [-0.25, -0.2) is 9.69 Å². The van der Waals surface area contributed by atoms with E-state index in [0.717, 1.165) is 49.2 Å². The molecule has 26 heavy (non-hydrogen) atoms. The highest BCUT2D eigenvalue weighted by atomic mass is 32.1. The number of likely N-dealkylation sites (tertiary alicyclic amines) is 1. The molecule has 1 fully saturated rings. The Kier molecular flexibility index (Phi) is 6.86. The van der Waals surface area contributed by atoms with Crippen molar-refractivity contribution in [2.24, 2.45) is 0 Å². The maximum absolute atomic E-state index is 13.5. The average Bonchev–Trinajstić information content (AvgIpc) is 2.86. The van der Waals surface area contributed by atoms with Gasteiger partial charge in [-0.05, 0) is 77.9 Å². The van der Waals surface area contributed by atoms with E-state index >= 15 is 0 Å². The minimum Gasteiger partial charge on any atom is -0.443 e. The first kappa shape index (κ1) is 20.9. The highest BCUT2D eigenvalue weighted by Crippen LogP contribution is 2.33. The van der Waals surface area contributed by atoms with Gasteiger partial charge < -0.3 is 4.74 Å². The van der Waals surface area contributed by atoms with Crippen LogP contribution in [0.1, 0.15) is 63.8 Å². The van der Waals surface area contributed by atoms with Crippen LogP contribution in [0.25, 0.3) is 0 Å². The zero-order chi connectivity index (χ0) is 19.5. The molecule has 0 bridgehead atoms. The Morgan fingerprint density at radius 3 is 2.54 bits per heavy atom. The van der Waals surface area contributed by atoms with Crippen LogP contribution in [0.4, 0.5) is 10.5 Å². The number of thiophene rings is 1. The van der Waals surface area contributed by atoms with E-state index in [9.17, 15) is 9.59 Å². The fourth-order valence-corrected chi connectivity index (χ4v) is 4.30. The van der Waals surface area contributed by atoms with Crippen molar-refractivity contribution in [2.45, 2.75) is 78.9 Å². The van der Waals surface area contributed by atoms with E-state index in [1.54, 1.807) is 11.3 Å². The van der Waals surface area contributed by atoms with E-state index in [1.165, 1.54) is 4.90 Å². The summed E-state index contributed by atoms with van der Waals surface area (Å²) in [6, 6.07) is -0.255. The lowest BCUT2D eigenvalue weighted by Gasteiger charge is -2.37. The van der Waals surface area contributed by atoms with Crippen LogP contribution in [-0.2, 0) is 9.53 Å². The van der Waals surface area contributed by atoms with Gasteiger partial charge in [-0.15, -0.1) is 11.3 Å².